The van der Waals surface area contributed by atoms with E-state index in [1.54, 1.807) is 0 Å². The van der Waals surface area contributed by atoms with E-state index in [9.17, 15) is 0 Å². The monoisotopic (exact) mass is 172 g/mol. The van der Waals surface area contributed by atoms with Crippen LogP contribution in [-0.2, 0) is 0 Å². The van der Waals surface area contributed by atoms with Crippen LogP contribution in [0.2, 0.25) is 0 Å². The summed E-state index contributed by atoms with van der Waals surface area (Å²) in [6.07, 6.45) is 0. The van der Waals surface area contributed by atoms with Gasteiger partial charge in [0.15, 0.2) is 0 Å². The SMILES string of the molecule is Cc1nc(N)c2ccccc2c1C. The second-order valence-corrected chi connectivity index (χ2v) is 3.25. The van der Waals surface area contributed by atoms with E-state index in [1.165, 1.54) is 10.9 Å². The molecule has 0 unspecified atom stereocenters. The first kappa shape index (κ1) is 8.05. The predicted molar refractivity (Wildman–Crippen MR) is 55.6 cm³/mol. The highest BCUT2D eigenvalue weighted by Crippen LogP contribution is 2.23. The van der Waals surface area contributed by atoms with Crippen molar-refractivity contribution in [2.24, 2.45) is 0 Å². The van der Waals surface area contributed by atoms with Crippen molar-refractivity contribution in [3.63, 3.8) is 0 Å². The summed E-state index contributed by atoms with van der Waals surface area (Å²) in [7, 11) is 0. The first-order chi connectivity index (χ1) is 6.20. The molecule has 0 fully saturated rings. The first-order valence-corrected chi connectivity index (χ1v) is 4.31. The Labute approximate surface area is 77.4 Å². The van der Waals surface area contributed by atoms with Gasteiger partial charge in [-0.25, -0.2) is 4.98 Å². The molecule has 2 heteroatoms. The molecule has 0 amide bonds. The Morgan fingerprint density at radius 3 is 2.38 bits per heavy atom. The zero-order valence-corrected chi connectivity index (χ0v) is 7.83. The molecule has 13 heavy (non-hydrogen) atoms. The van der Waals surface area contributed by atoms with Crippen LogP contribution in [0.5, 0.6) is 0 Å². The molecule has 1 heterocycles. The fourth-order valence-corrected chi connectivity index (χ4v) is 1.55. The zero-order valence-electron chi connectivity index (χ0n) is 7.83. The van der Waals surface area contributed by atoms with Crippen LogP contribution in [0.4, 0.5) is 5.82 Å². The predicted octanol–water partition coefficient (Wildman–Crippen LogP) is 2.43. The largest absolute Gasteiger partial charge is 0.383 e. The Morgan fingerprint density at radius 2 is 1.69 bits per heavy atom. The summed E-state index contributed by atoms with van der Waals surface area (Å²) in [4.78, 5) is 4.28. The molecule has 0 radical (unpaired) electrons. The van der Waals surface area contributed by atoms with Gasteiger partial charge in [-0.05, 0) is 24.8 Å². The second-order valence-electron chi connectivity index (χ2n) is 3.25. The molecule has 2 aromatic rings. The maximum Gasteiger partial charge on any atom is 0.131 e. The fourth-order valence-electron chi connectivity index (χ4n) is 1.55. The summed E-state index contributed by atoms with van der Waals surface area (Å²) in [5.74, 6) is 0.624. The molecule has 0 aliphatic heterocycles. The maximum atomic E-state index is 5.81. The molecule has 0 bridgehead atoms. The van der Waals surface area contributed by atoms with Gasteiger partial charge in [-0.3, -0.25) is 0 Å². The van der Waals surface area contributed by atoms with Crippen molar-refractivity contribution in [1.82, 2.24) is 4.98 Å². The number of nitrogen functional groups attached to an aromatic ring is 1. The van der Waals surface area contributed by atoms with E-state index in [2.05, 4.69) is 18.0 Å². The van der Waals surface area contributed by atoms with Crippen molar-refractivity contribution in [3.8, 4) is 0 Å². The van der Waals surface area contributed by atoms with E-state index in [0.29, 0.717) is 5.82 Å². The first-order valence-electron chi connectivity index (χ1n) is 4.31. The van der Waals surface area contributed by atoms with Crippen LogP contribution in [0.25, 0.3) is 10.8 Å². The van der Waals surface area contributed by atoms with Gasteiger partial charge in [-0.2, -0.15) is 0 Å². The Kier molecular flexibility index (Phi) is 1.69. The van der Waals surface area contributed by atoms with Crippen molar-refractivity contribution < 1.29 is 0 Å². The van der Waals surface area contributed by atoms with E-state index in [-0.39, 0.29) is 0 Å². The molecule has 2 N–H and O–H groups in total. The number of hydrogen-bond donors (Lipinski definition) is 1. The molecule has 0 saturated heterocycles. The molecule has 0 aliphatic rings. The molecule has 0 aliphatic carbocycles. The van der Waals surface area contributed by atoms with Crippen LogP contribution in [0.15, 0.2) is 24.3 Å². The van der Waals surface area contributed by atoms with Gasteiger partial charge in [0.2, 0.25) is 0 Å². The highest BCUT2D eigenvalue weighted by atomic mass is 14.8. The average molecular weight is 172 g/mol. The lowest BCUT2D eigenvalue weighted by Gasteiger charge is -2.06. The smallest absolute Gasteiger partial charge is 0.131 e. The Morgan fingerprint density at radius 1 is 1.08 bits per heavy atom. The lowest BCUT2D eigenvalue weighted by molar-refractivity contribution is 1.19. The summed E-state index contributed by atoms with van der Waals surface area (Å²) in [5.41, 5.74) is 8.04. The van der Waals surface area contributed by atoms with Crippen molar-refractivity contribution in [2.75, 3.05) is 5.73 Å². The molecule has 1 aromatic heterocycles. The molecule has 1 aromatic carbocycles. The van der Waals surface area contributed by atoms with Gasteiger partial charge in [0.1, 0.15) is 5.82 Å². The molecular formula is C11H12N2. The molecule has 0 atom stereocenters. The van der Waals surface area contributed by atoms with E-state index < -0.39 is 0 Å². The normalized spacial score (nSPS) is 10.6. The summed E-state index contributed by atoms with van der Waals surface area (Å²) < 4.78 is 0. The lowest BCUT2D eigenvalue weighted by atomic mass is 10.1. The molecule has 0 spiro atoms. The van der Waals surface area contributed by atoms with Crippen molar-refractivity contribution >= 4 is 16.6 Å². The molecular weight excluding hydrogens is 160 g/mol. The minimum absolute atomic E-state index is 0.624. The third-order valence-electron chi connectivity index (χ3n) is 2.44. The van der Waals surface area contributed by atoms with E-state index in [0.717, 1.165) is 11.1 Å². The number of pyridine rings is 1. The van der Waals surface area contributed by atoms with Gasteiger partial charge in [-0.15, -0.1) is 0 Å². The Hall–Kier alpha value is -1.57. The van der Waals surface area contributed by atoms with Crippen LogP contribution in [0.1, 0.15) is 11.3 Å². The highest BCUT2D eigenvalue weighted by molar-refractivity contribution is 5.93. The average Bonchev–Trinajstić information content (AvgIpc) is 2.15. The lowest BCUT2D eigenvalue weighted by Crippen LogP contribution is -1.96. The van der Waals surface area contributed by atoms with E-state index >= 15 is 0 Å². The van der Waals surface area contributed by atoms with Crippen molar-refractivity contribution in [1.29, 1.82) is 0 Å². The van der Waals surface area contributed by atoms with Gasteiger partial charge in [0.05, 0.1) is 0 Å². The third-order valence-corrected chi connectivity index (χ3v) is 2.44. The Bertz CT molecular complexity index is 461. The number of nitrogens with zero attached hydrogens (tertiary/aromatic N) is 1. The summed E-state index contributed by atoms with van der Waals surface area (Å²) >= 11 is 0. The molecule has 2 nitrogen and oxygen atoms in total. The second kappa shape index (κ2) is 2.73. The van der Waals surface area contributed by atoms with Gasteiger partial charge >= 0.3 is 0 Å². The summed E-state index contributed by atoms with van der Waals surface area (Å²) in [6, 6.07) is 8.09. The molecule has 0 saturated carbocycles. The fraction of sp³-hybridized carbons (Fsp3) is 0.182. The Balaban J connectivity index is 2.97. The number of aryl methyl sites for hydroxylation is 2. The van der Waals surface area contributed by atoms with Crippen LogP contribution in [-0.4, -0.2) is 4.98 Å². The quantitative estimate of drug-likeness (QED) is 0.662. The van der Waals surface area contributed by atoms with Crippen LogP contribution in [0, 0.1) is 13.8 Å². The molecule has 66 valence electrons. The molecule has 2 rings (SSSR count). The van der Waals surface area contributed by atoms with Crippen molar-refractivity contribution in [3.05, 3.63) is 35.5 Å². The van der Waals surface area contributed by atoms with Gasteiger partial charge in [0, 0.05) is 11.1 Å². The van der Waals surface area contributed by atoms with E-state index in [1.807, 2.05) is 25.1 Å². The number of aromatic nitrogens is 1. The number of nitrogens with two attached hydrogens (primary N) is 1. The summed E-state index contributed by atoms with van der Waals surface area (Å²) in [5, 5.41) is 2.25. The maximum absolute atomic E-state index is 5.81. The summed E-state index contributed by atoms with van der Waals surface area (Å²) in [6.45, 7) is 4.06. The minimum atomic E-state index is 0.624. The van der Waals surface area contributed by atoms with Gasteiger partial charge in [0.25, 0.3) is 0 Å². The minimum Gasteiger partial charge on any atom is -0.383 e. The number of benzene rings is 1. The standard InChI is InChI=1S/C11H12N2/c1-7-8(2)13-11(12)10-6-4-3-5-9(7)10/h3-6H,1-2H3,(H2,12,13). The number of rotatable bonds is 0. The zero-order chi connectivity index (χ0) is 9.42. The van der Waals surface area contributed by atoms with Crippen LogP contribution in [0.3, 0.4) is 0 Å². The van der Waals surface area contributed by atoms with Gasteiger partial charge < -0.3 is 5.73 Å². The highest BCUT2D eigenvalue weighted by Gasteiger charge is 2.04. The topological polar surface area (TPSA) is 38.9 Å². The van der Waals surface area contributed by atoms with Crippen LogP contribution < -0.4 is 5.73 Å². The van der Waals surface area contributed by atoms with Crippen molar-refractivity contribution in [2.45, 2.75) is 13.8 Å². The number of fused-ring (bicyclic) bond motifs is 1. The van der Waals surface area contributed by atoms with Crippen LogP contribution >= 0.6 is 0 Å². The number of anilines is 1. The van der Waals surface area contributed by atoms with Gasteiger partial charge in [-0.1, -0.05) is 24.3 Å². The third kappa shape index (κ3) is 1.15. The van der Waals surface area contributed by atoms with E-state index in [4.69, 9.17) is 5.73 Å². The number of hydrogen-bond acceptors (Lipinski definition) is 2.